The second-order valence-corrected chi connectivity index (χ2v) is 8.39. The van der Waals surface area contributed by atoms with Crippen LogP contribution in [0.15, 0.2) is 60.7 Å². The van der Waals surface area contributed by atoms with Gasteiger partial charge >= 0.3 is 0 Å². The van der Waals surface area contributed by atoms with Gasteiger partial charge in [-0.15, -0.1) is 0 Å². The van der Waals surface area contributed by atoms with Crippen LogP contribution in [0.5, 0.6) is 11.5 Å². The molecule has 2 heterocycles. The fourth-order valence-corrected chi connectivity index (χ4v) is 4.84. The number of benzene rings is 3. The van der Waals surface area contributed by atoms with Crippen molar-refractivity contribution in [3.8, 4) is 11.5 Å². The zero-order valence-corrected chi connectivity index (χ0v) is 17.8. The Morgan fingerprint density at radius 3 is 2.77 bits per heavy atom. The standard InChI is InChI=1S/C26H28N2O3/c1-18(21-9-4-7-19-6-2-3-8-22(19)21)27-26(29)17-28-13-5-10-23(28)20-11-12-24-25(16-20)31-15-14-30-24/h2-4,6-9,11-12,16,18,23H,5,10,13-15,17H2,1H3,(H,27,29)/t18-,23+/m0/s1. The van der Waals surface area contributed by atoms with Crippen LogP contribution in [0.2, 0.25) is 0 Å². The van der Waals surface area contributed by atoms with E-state index in [-0.39, 0.29) is 18.0 Å². The summed E-state index contributed by atoms with van der Waals surface area (Å²) in [4.78, 5) is 15.2. The van der Waals surface area contributed by atoms with Crippen LogP contribution in [0.25, 0.3) is 10.8 Å². The Balaban J connectivity index is 1.27. The fraction of sp³-hybridized carbons (Fsp3) is 0.346. The van der Waals surface area contributed by atoms with E-state index >= 15 is 0 Å². The quantitative estimate of drug-likeness (QED) is 0.659. The second kappa shape index (κ2) is 8.60. The molecule has 1 fully saturated rings. The molecule has 0 radical (unpaired) electrons. The third-order valence-electron chi connectivity index (χ3n) is 6.33. The highest BCUT2D eigenvalue weighted by Crippen LogP contribution is 2.38. The first kappa shape index (κ1) is 19.9. The van der Waals surface area contributed by atoms with Gasteiger partial charge in [-0.2, -0.15) is 0 Å². The van der Waals surface area contributed by atoms with Gasteiger partial charge in [0.1, 0.15) is 13.2 Å². The molecule has 0 aliphatic carbocycles. The molecule has 3 aromatic rings. The summed E-state index contributed by atoms with van der Waals surface area (Å²) in [5, 5.41) is 5.59. The number of likely N-dealkylation sites (tertiary alicyclic amines) is 1. The highest BCUT2D eigenvalue weighted by Gasteiger charge is 2.29. The van der Waals surface area contributed by atoms with E-state index in [1.54, 1.807) is 0 Å². The number of nitrogens with one attached hydrogen (secondary N) is 1. The average Bonchev–Trinajstić information content (AvgIpc) is 3.26. The molecule has 0 saturated carbocycles. The maximum atomic E-state index is 12.9. The summed E-state index contributed by atoms with van der Waals surface area (Å²) in [5.41, 5.74) is 2.34. The minimum absolute atomic E-state index is 0.0473. The number of ether oxygens (including phenoxy) is 2. The molecule has 2 atom stereocenters. The minimum Gasteiger partial charge on any atom is -0.486 e. The number of rotatable bonds is 5. The van der Waals surface area contributed by atoms with Crippen molar-refractivity contribution in [2.24, 2.45) is 0 Å². The first-order valence-corrected chi connectivity index (χ1v) is 11.1. The zero-order valence-electron chi connectivity index (χ0n) is 17.8. The highest BCUT2D eigenvalue weighted by molar-refractivity contribution is 5.87. The van der Waals surface area contributed by atoms with Gasteiger partial charge in [0, 0.05) is 6.04 Å². The van der Waals surface area contributed by atoms with E-state index in [0.29, 0.717) is 19.8 Å². The molecule has 5 heteroatoms. The molecule has 5 nitrogen and oxygen atoms in total. The van der Waals surface area contributed by atoms with E-state index in [4.69, 9.17) is 9.47 Å². The van der Waals surface area contributed by atoms with Crippen molar-refractivity contribution in [3.63, 3.8) is 0 Å². The summed E-state index contributed by atoms with van der Waals surface area (Å²) in [6, 6.07) is 20.9. The predicted octanol–water partition coefficient (Wildman–Crippen LogP) is 4.63. The molecule has 0 bridgehead atoms. The van der Waals surface area contributed by atoms with E-state index < -0.39 is 0 Å². The Kier molecular flexibility index (Phi) is 5.51. The number of hydrogen-bond donors (Lipinski definition) is 1. The van der Waals surface area contributed by atoms with Gasteiger partial charge in [-0.05, 0) is 60.3 Å². The Labute approximate surface area is 183 Å². The molecule has 1 N–H and O–H groups in total. The molecule has 5 rings (SSSR count). The molecule has 1 saturated heterocycles. The first-order valence-electron chi connectivity index (χ1n) is 11.1. The zero-order chi connectivity index (χ0) is 21.2. The number of fused-ring (bicyclic) bond motifs is 2. The van der Waals surface area contributed by atoms with Crippen LogP contribution in [0.3, 0.4) is 0 Å². The molecule has 160 valence electrons. The molecule has 0 spiro atoms. The van der Waals surface area contributed by atoms with Gasteiger partial charge in [-0.1, -0.05) is 48.5 Å². The van der Waals surface area contributed by atoms with Gasteiger partial charge < -0.3 is 14.8 Å². The van der Waals surface area contributed by atoms with Crippen LogP contribution in [-0.2, 0) is 4.79 Å². The Morgan fingerprint density at radius 1 is 1.06 bits per heavy atom. The van der Waals surface area contributed by atoms with Crippen molar-refractivity contribution in [3.05, 3.63) is 71.8 Å². The van der Waals surface area contributed by atoms with Crippen molar-refractivity contribution in [2.45, 2.75) is 31.8 Å². The Bertz CT molecular complexity index is 1090. The molecule has 2 aliphatic rings. The molecule has 31 heavy (non-hydrogen) atoms. The summed E-state index contributed by atoms with van der Waals surface area (Å²) in [6.07, 6.45) is 2.14. The first-order chi connectivity index (χ1) is 15.2. The van der Waals surface area contributed by atoms with Crippen LogP contribution in [0.4, 0.5) is 0 Å². The lowest BCUT2D eigenvalue weighted by Gasteiger charge is -2.27. The lowest BCUT2D eigenvalue weighted by atomic mass is 9.99. The van der Waals surface area contributed by atoms with E-state index in [9.17, 15) is 4.79 Å². The Morgan fingerprint density at radius 2 is 1.87 bits per heavy atom. The number of nitrogens with zero attached hydrogens (tertiary/aromatic N) is 1. The highest BCUT2D eigenvalue weighted by atomic mass is 16.6. The van der Waals surface area contributed by atoms with E-state index in [2.05, 4.69) is 59.6 Å². The van der Waals surface area contributed by atoms with Crippen LogP contribution < -0.4 is 14.8 Å². The summed E-state index contributed by atoms with van der Waals surface area (Å²) in [6.45, 7) is 4.56. The van der Waals surface area contributed by atoms with Crippen molar-refractivity contribution in [1.29, 1.82) is 0 Å². The summed E-state index contributed by atoms with van der Waals surface area (Å²) in [7, 11) is 0. The van der Waals surface area contributed by atoms with Crippen LogP contribution in [0.1, 0.15) is 43.0 Å². The minimum atomic E-state index is -0.0473. The van der Waals surface area contributed by atoms with Crippen LogP contribution >= 0.6 is 0 Å². The predicted molar refractivity (Wildman–Crippen MR) is 121 cm³/mol. The van der Waals surface area contributed by atoms with Gasteiger partial charge in [0.25, 0.3) is 0 Å². The number of amides is 1. The van der Waals surface area contributed by atoms with E-state index in [1.807, 2.05) is 18.2 Å². The van der Waals surface area contributed by atoms with Gasteiger partial charge in [-0.25, -0.2) is 0 Å². The molecule has 2 aliphatic heterocycles. The SMILES string of the molecule is C[C@H](NC(=O)CN1CCC[C@@H]1c1ccc2c(c1)OCCO2)c1cccc2ccccc12. The largest absolute Gasteiger partial charge is 0.486 e. The number of carbonyl (C=O) groups is 1. The Hall–Kier alpha value is -3.05. The maximum absolute atomic E-state index is 12.9. The number of hydrogen-bond acceptors (Lipinski definition) is 4. The lowest BCUT2D eigenvalue weighted by molar-refractivity contribution is -0.123. The van der Waals surface area contributed by atoms with Gasteiger partial charge in [-0.3, -0.25) is 9.69 Å². The molecule has 0 unspecified atom stereocenters. The van der Waals surface area contributed by atoms with Crippen molar-refractivity contribution >= 4 is 16.7 Å². The molecule has 0 aromatic heterocycles. The third-order valence-corrected chi connectivity index (χ3v) is 6.33. The van der Waals surface area contributed by atoms with Crippen LogP contribution in [0, 0.1) is 0 Å². The van der Waals surface area contributed by atoms with Gasteiger partial charge in [0.15, 0.2) is 11.5 Å². The topological polar surface area (TPSA) is 50.8 Å². The van der Waals surface area contributed by atoms with Crippen LogP contribution in [-0.4, -0.2) is 37.1 Å². The monoisotopic (exact) mass is 416 g/mol. The van der Waals surface area contributed by atoms with Gasteiger partial charge in [0.2, 0.25) is 5.91 Å². The molecular weight excluding hydrogens is 388 g/mol. The fourth-order valence-electron chi connectivity index (χ4n) is 4.84. The van der Waals surface area contributed by atoms with E-state index in [0.717, 1.165) is 36.4 Å². The van der Waals surface area contributed by atoms with Crippen molar-refractivity contribution in [2.75, 3.05) is 26.3 Å². The summed E-state index contributed by atoms with van der Waals surface area (Å²) in [5.74, 6) is 1.68. The van der Waals surface area contributed by atoms with E-state index in [1.165, 1.54) is 16.3 Å². The molecular formula is C26H28N2O3. The summed E-state index contributed by atoms with van der Waals surface area (Å²) < 4.78 is 11.4. The van der Waals surface area contributed by atoms with Gasteiger partial charge in [0.05, 0.1) is 12.6 Å². The smallest absolute Gasteiger partial charge is 0.234 e. The molecule has 1 amide bonds. The maximum Gasteiger partial charge on any atom is 0.234 e. The van der Waals surface area contributed by atoms with Crippen molar-refractivity contribution < 1.29 is 14.3 Å². The normalized spacial score (nSPS) is 19.3. The third kappa shape index (κ3) is 4.10. The summed E-state index contributed by atoms with van der Waals surface area (Å²) >= 11 is 0. The van der Waals surface area contributed by atoms with Crippen molar-refractivity contribution in [1.82, 2.24) is 10.2 Å². The lowest BCUT2D eigenvalue weighted by Crippen LogP contribution is -2.38. The number of carbonyl (C=O) groups excluding carboxylic acids is 1. The second-order valence-electron chi connectivity index (χ2n) is 8.39. The molecule has 3 aromatic carbocycles. The average molecular weight is 417 g/mol.